The highest BCUT2D eigenvalue weighted by Crippen LogP contribution is 2.22. The smallest absolute Gasteiger partial charge is 0.0991 e. The maximum atomic E-state index is 9.91. The fraction of sp³-hybridized carbons (Fsp3) is 0.562. The Morgan fingerprint density at radius 1 is 1.45 bits per heavy atom. The van der Waals surface area contributed by atoms with Crippen molar-refractivity contribution in [2.75, 3.05) is 27.2 Å². The van der Waals surface area contributed by atoms with Crippen molar-refractivity contribution in [3.05, 3.63) is 34.9 Å². The lowest BCUT2D eigenvalue weighted by Gasteiger charge is -2.27. The number of likely N-dealkylation sites (tertiary alicyclic amines) is 1. The van der Waals surface area contributed by atoms with E-state index in [1.807, 2.05) is 25.1 Å². The van der Waals surface area contributed by atoms with E-state index in [1.165, 1.54) is 5.56 Å². The zero-order chi connectivity index (χ0) is 14.7. The van der Waals surface area contributed by atoms with Gasteiger partial charge < -0.3 is 10.0 Å². The van der Waals surface area contributed by atoms with Gasteiger partial charge in [-0.2, -0.15) is 5.26 Å². The summed E-state index contributed by atoms with van der Waals surface area (Å²) >= 11 is 0. The van der Waals surface area contributed by atoms with Crippen LogP contribution < -0.4 is 0 Å². The normalized spacial score (nSPS) is 23.2. The first-order chi connectivity index (χ1) is 9.49. The number of hydrogen-bond donors (Lipinski definition) is 1. The molecule has 2 atom stereocenters. The molecule has 4 nitrogen and oxygen atoms in total. The van der Waals surface area contributed by atoms with E-state index in [0.717, 1.165) is 31.6 Å². The predicted molar refractivity (Wildman–Crippen MR) is 79.3 cm³/mol. The number of likely N-dealkylation sites (N-methyl/N-ethyl adjacent to an activating group) is 1. The fourth-order valence-corrected chi connectivity index (χ4v) is 2.92. The molecule has 1 saturated heterocycles. The molecule has 1 aliphatic heterocycles. The molecule has 1 aromatic carbocycles. The fourth-order valence-electron chi connectivity index (χ4n) is 2.92. The summed E-state index contributed by atoms with van der Waals surface area (Å²) in [5.41, 5.74) is 3.09. The van der Waals surface area contributed by atoms with Crippen LogP contribution in [0.5, 0.6) is 0 Å². The van der Waals surface area contributed by atoms with Crippen molar-refractivity contribution >= 4 is 0 Å². The average molecular weight is 273 g/mol. The number of nitriles is 1. The Hall–Kier alpha value is -1.41. The van der Waals surface area contributed by atoms with Gasteiger partial charge >= 0.3 is 0 Å². The van der Waals surface area contributed by atoms with Gasteiger partial charge in [0, 0.05) is 25.7 Å². The van der Waals surface area contributed by atoms with Crippen LogP contribution in [0.2, 0.25) is 0 Å². The Balaban J connectivity index is 2.10. The van der Waals surface area contributed by atoms with E-state index in [9.17, 15) is 5.11 Å². The second-order valence-electron chi connectivity index (χ2n) is 5.99. The Morgan fingerprint density at radius 3 is 2.80 bits per heavy atom. The van der Waals surface area contributed by atoms with Crippen molar-refractivity contribution in [1.82, 2.24) is 9.80 Å². The number of aliphatic hydroxyl groups is 1. The summed E-state index contributed by atoms with van der Waals surface area (Å²) in [6, 6.07) is 8.41. The average Bonchev–Trinajstić information content (AvgIpc) is 2.71. The largest absolute Gasteiger partial charge is 0.392 e. The number of rotatable bonds is 4. The molecule has 0 aromatic heterocycles. The van der Waals surface area contributed by atoms with E-state index in [0.29, 0.717) is 11.6 Å². The number of hydrogen-bond acceptors (Lipinski definition) is 4. The molecule has 1 fully saturated rings. The van der Waals surface area contributed by atoms with Gasteiger partial charge in [-0.1, -0.05) is 6.07 Å². The van der Waals surface area contributed by atoms with E-state index in [4.69, 9.17) is 5.26 Å². The SMILES string of the molecule is Cc1cc(C#N)ccc1CN1CC(O)CC1CN(C)C. The van der Waals surface area contributed by atoms with Crippen LogP contribution in [0.25, 0.3) is 0 Å². The quantitative estimate of drug-likeness (QED) is 0.900. The summed E-state index contributed by atoms with van der Waals surface area (Å²) in [6.07, 6.45) is 0.617. The molecule has 1 aliphatic rings. The minimum absolute atomic E-state index is 0.223. The lowest BCUT2D eigenvalue weighted by molar-refractivity contribution is 0.169. The van der Waals surface area contributed by atoms with Crippen molar-refractivity contribution in [3.63, 3.8) is 0 Å². The van der Waals surface area contributed by atoms with Gasteiger partial charge in [0.05, 0.1) is 17.7 Å². The highest BCUT2D eigenvalue weighted by molar-refractivity contribution is 5.37. The highest BCUT2D eigenvalue weighted by Gasteiger charge is 2.31. The third-order valence-corrected chi connectivity index (χ3v) is 3.93. The molecule has 108 valence electrons. The maximum absolute atomic E-state index is 9.91. The van der Waals surface area contributed by atoms with Crippen molar-refractivity contribution in [2.45, 2.75) is 32.0 Å². The first kappa shape index (κ1) is 15.0. The molecule has 20 heavy (non-hydrogen) atoms. The minimum atomic E-state index is -0.223. The first-order valence-electron chi connectivity index (χ1n) is 7.06. The molecule has 1 N–H and O–H groups in total. The molecule has 0 amide bonds. The van der Waals surface area contributed by atoms with Gasteiger partial charge in [-0.3, -0.25) is 4.90 Å². The van der Waals surface area contributed by atoms with Gasteiger partial charge in [0.2, 0.25) is 0 Å². The molecule has 1 aromatic rings. The Labute approximate surface area is 121 Å². The molecule has 2 rings (SSSR count). The number of aryl methyl sites for hydroxylation is 1. The molecule has 0 spiro atoms. The minimum Gasteiger partial charge on any atom is -0.392 e. The van der Waals surface area contributed by atoms with Crippen molar-refractivity contribution in [2.24, 2.45) is 0 Å². The van der Waals surface area contributed by atoms with Gasteiger partial charge in [-0.05, 0) is 50.7 Å². The van der Waals surface area contributed by atoms with Crippen LogP contribution in [0.3, 0.4) is 0 Å². The molecule has 0 bridgehead atoms. The van der Waals surface area contributed by atoms with Crippen LogP contribution in [-0.2, 0) is 6.54 Å². The maximum Gasteiger partial charge on any atom is 0.0991 e. The van der Waals surface area contributed by atoms with Gasteiger partial charge in [0.15, 0.2) is 0 Å². The van der Waals surface area contributed by atoms with Crippen LogP contribution in [0, 0.1) is 18.3 Å². The summed E-state index contributed by atoms with van der Waals surface area (Å²) < 4.78 is 0. The van der Waals surface area contributed by atoms with Gasteiger partial charge in [0.25, 0.3) is 0 Å². The topological polar surface area (TPSA) is 50.5 Å². The Kier molecular flexibility index (Phi) is 4.77. The van der Waals surface area contributed by atoms with Crippen molar-refractivity contribution < 1.29 is 5.11 Å². The Morgan fingerprint density at radius 2 is 2.20 bits per heavy atom. The molecular formula is C16H23N3O. The van der Waals surface area contributed by atoms with Crippen LogP contribution in [0.1, 0.15) is 23.1 Å². The monoisotopic (exact) mass is 273 g/mol. The summed E-state index contributed by atoms with van der Waals surface area (Å²) in [6.45, 7) is 4.58. The van der Waals surface area contributed by atoms with Gasteiger partial charge in [-0.25, -0.2) is 0 Å². The zero-order valence-electron chi connectivity index (χ0n) is 12.5. The van der Waals surface area contributed by atoms with E-state index in [1.54, 1.807) is 0 Å². The molecule has 4 heteroatoms. The van der Waals surface area contributed by atoms with E-state index < -0.39 is 0 Å². The number of nitrogens with zero attached hydrogens (tertiary/aromatic N) is 3. The first-order valence-corrected chi connectivity index (χ1v) is 7.06. The van der Waals surface area contributed by atoms with Crippen LogP contribution in [0.15, 0.2) is 18.2 Å². The molecule has 0 radical (unpaired) electrons. The third kappa shape index (κ3) is 3.57. The van der Waals surface area contributed by atoms with E-state index >= 15 is 0 Å². The molecular weight excluding hydrogens is 250 g/mol. The number of β-amino-alcohol motifs (C(OH)–C–C–N with tert-alkyl or cyclic N) is 1. The zero-order valence-corrected chi connectivity index (χ0v) is 12.5. The summed E-state index contributed by atoms with van der Waals surface area (Å²) in [4.78, 5) is 4.51. The standard InChI is InChI=1S/C16H23N3O/c1-12-6-13(8-17)4-5-14(12)9-19-11-16(20)7-15(19)10-18(2)3/h4-6,15-16,20H,7,9-11H2,1-3H3. The van der Waals surface area contributed by atoms with Crippen LogP contribution >= 0.6 is 0 Å². The number of benzene rings is 1. The molecule has 0 saturated carbocycles. The summed E-state index contributed by atoms with van der Waals surface area (Å²) in [7, 11) is 4.13. The lowest BCUT2D eigenvalue weighted by Crippen LogP contribution is -2.37. The summed E-state index contributed by atoms with van der Waals surface area (Å²) in [5.74, 6) is 0. The Bertz CT molecular complexity index is 507. The second-order valence-corrected chi connectivity index (χ2v) is 5.99. The van der Waals surface area contributed by atoms with Crippen molar-refractivity contribution in [3.8, 4) is 6.07 Å². The van der Waals surface area contributed by atoms with Crippen LogP contribution in [0.4, 0.5) is 0 Å². The molecule has 1 heterocycles. The van der Waals surface area contributed by atoms with E-state index in [-0.39, 0.29) is 6.10 Å². The van der Waals surface area contributed by atoms with E-state index in [2.05, 4.69) is 30.0 Å². The lowest BCUT2D eigenvalue weighted by atomic mass is 10.0. The molecule has 2 unspecified atom stereocenters. The van der Waals surface area contributed by atoms with Gasteiger partial charge in [0.1, 0.15) is 0 Å². The predicted octanol–water partition coefficient (Wildman–Crippen LogP) is 1.36. The van der Waals surface area contributed by atoms with Crippen LogP contribution in [-0.4, -0.2) is 54.2 Å². The summed E-state index contributed by atoms with van der Waals surface area (Å²) in [5, 5.41) is 18.8. The second kappa shape index (κ2) is 6.36. The van der Waals surface area contributed by atoms with Crippen molar-refractivity contribution in [1.29, 1.82) is 5.26 Å². The third-order valence-electron chi connectivity index (χ3n) is 3.93. The number of aliphatic hydroxyl groups excluding tert-OH is 1. The van der Waals surface area contributed by atoms with Gasteiger partial charge in [-0.15, -0.1) is 0 Å². The molecule has 0 aliphatic carbocycles. The highest BCUT2D eigenvalue weighted by atomic mass is 16.3.